The van der Waals surface area contributed by atoms with Gasteiger partial charge >= 0.3 is 0 Å². The standard InChI is InChI=1S/C22H22FN3O2/c23-19-7-3-1-6-17(19)21-15-18(16-5-2-4-8-20(16)25-21)22(27)24-9-10-26-11-13-28-14-12-26/h1-8,15H,9-14H2,(H,24,27). The monoisotopic (exact) mass is 379 g/mol. The SMILES string of the molecule is O=C(NCCN1CCOCC1)c1cc(-c2ccccc2F)nc2ccccc12. The van der Waals surface area contributed by atoms with Gasteiger partial charge < -0.3 is 10.1 Å². The molecule has 1 aliphatic heterocycles. The first-order valence-electron chi connectivity index (χ1n) is 9.45. The number of carbonyl (C=O) groups excluding carboxylic acids is 1. The molecule has 1 saturated heterocycles. The molecule has 0 spiro atoms. The molecule has 1 N–H and O–H groups in total. The molecular formula is C22H22FN3O2. The average molecular weight is 379 g/mol. The number of aromatic nitrogens is 1. The number of para-hydroxylation sites is 1. The van der Waals surface area contributed by atoms with Gasteiger partial charge in [0.05, 0.1) is 30.0 Å². The Bertz CT molecular complexity index is 986. The van der Waals surface area contributed by atoms with Gasteiger partial charge in [0.15, 0.2) is 0 Å². The lowest BCUT2D eigenvalue weighted by atomic mass is 10.0. The van der Waals surface area contributed by atoms with E-state index in [0.717, 1.165) is 38.2 Å². The number of hydrogen-bond acceptors (Lipinski definition) is 4. The van der Waals surface area contributed by atoms with Gasteiger partial charge in [-0.25, -0.2) is 9.37 Å². The van der Waals surface area contributed by atoms with Crippen LogP contribution < -0.4 is 5.32 Å². The topological polar surface area (TPSA) is 54.5 Å². The van der Waals surface area contributed by atoms with E-state index in [-0.39, 0.29) is 11.7 Å². The van der Waals surface area contributed by atoms with Gasteiger partial charge in [0.25, 0.3) is 5.91 Å². The highest BCUT2D eigenvalue weighted by Crippen LogP contribution is 2.26. The predicted molar refractivity (Wildman–Crippen MR) is 107 cm³/mol. The van der Waals surface area contributed by atoms with Crippen LogP contribution in [0.2, 0.25) is 0 Å². The number of pyridine rings is 1. The van der Waals surface area contributed by atoms with Crippen LogP contribution in [-0.4, -0.2) is 55.2 Å². The Morgan fingerprint density at radius 1 is 1.11 bits per heavy atom. The summed E-state index contributed by atoms with van der Waals surface area (Å²) < 4.78 is 19.6. The molecule has 2 heterocycles. The number of carbonyl (C=O) groups is 1. The Morgan fingerprint density at radius 3 is 2.68 bits per heavy atom. The maximum Gasteiger partial charge on any atom is 0.252 e. The molecule has 0 unspecified atom stereocenters. The smallest absolute Gasteiger partial charge is 0.252 e. The normalized spacial score (nSPS) is 14.9. The van der Waals surface area contributed by atoms with Crippen molar-refractivity contribution in [3.05, 3.63) is 66.0 Å². The summed E-state index contributed by atoms with van der Waals surface area (Å²) in [5.74, 6) is -0.534. The van der Waals surface area contributed by atoms with E-state index in [2.05, 4.69) is 15.2 Å². The number of halogens is 1. The predicted octanol–water partition coefficient (Wildman–Crippen LogP) is 3.10. The van der Waals surface area contributed by atoms with Crippen molar-refractivity contribution in [3.8, 4) is 11.3 Å². The minimum Gasteiger partial charge on any atom is -0.379 e. The Balaban J connectivity index is 1.59. The zero-order valence-corrected chi connectivity index (χ0v) is 15.5. The maximum atomic E-state index is 14.3. The van der Waals surface area contributed by atoms with Gasteiger partial charge in [-0.05, 0) is 24.3 Å². The highest BCUT2D eigenvalue weighted by molar-refractivity contribution is 6.07. The second-order valence-corrected chi connectivity index (χ2v) is 6.76. The van der Waals surface area contributed by atoms with Crippen molar-refractivity contribution in [2.75, 3.05) is 39.4 Å². The van der Waals surface area contributed by atoms with Gasteiger partial charge in [-0.1, -0.05) is 30.3 Å². The number of hydrogen-bond donors (Lipinski definition) is 1. The summed E-state index contributed by atoms with van der Waals surface area (Å²) >= 11 is 0. The second-order valence-electron chi connectivity index (χ2n) is 6.76. The summed E-state index contributed by atoms with van der Waals surface area (Å²) in [6.45, 7) is 4.55. The lowest BCUT2D eigenvalue weighted by Gasteiger charge is -2.26. The Labute approximate surface area is 163 Å². The van der Waals surface area contributed by atoms with E-state index in [1.807, 2.05) is 24.3 Å². The van der Waals surface area contributed by atoms with Crippen LogP contribution in [0.4, 0.5) is 4.39 Å². The van der Waals surface area contributed by atoms with E-state index in [1.54, 1.807) is 24.3 Å². The van der Waals surface area contributed by atoms with Crippen LogP contribution in [0.5, 0.6) is 0 Å². The molecule has 5 nitrogen and oxygen atoms in total. The van der Waals surface area contributed by atoms with Gasteiger partial charge in [-0.2, -0.15) is 0 Å². The van der Waals surface area contributed by atoms with Crippen LogP contribution in [0.1, 0.15) is 10.4 Å². The van der Waals surface area contributed by atoms with E-state index < -0.39 is 0 Å². The third-order valence-electron chi connectivity index (χ3n) is 4.93. The van der Waals surface area contributed by atoms with E-state index >= 15 is 0 Å². The third kappa shape index (κ3) is 4.03. The first-order valence-corrected chi connectivity index (χ1v) is 9.45. The van der Waals surface area contributed by atoms with Crippen LogP contribution in [0.15, 0.2) is 54.6 Å². The fourth-order valence-electron chi connectivity index (χ4n) is 3.42. The molecule has 0 atom stereocenters. The Kier molecular flexibility index (Phi) is 5.60. The molecule has 1 fully saturated rings. The number of rotatable bonds is 5. The van der Waals surface area contributed by atoms with Gasteiger partial charge in [-0.15, -0.1) is 0 Å². The molecule has 0 radical (unpaired) electrons. The van der Waals surface area contributed by atoms with E-state index in [4.69, 9.17) is 4.74 Å². The van der Waals surface area contributed by atoms with Crippen LogP contribution in [0.3, 0.4) is 0 Å². The summed E-state index contributed by atoms with van der Waals surface area (Å²) in [6, 6.07) is 15.6. The van der Waals surface area contributed by atoms with Crippen molar-refractivity contribution < 1.29 is 13.9 Å². The minimum absolute atomic E-state index is 0.176. The second kappa shape index (κ2) is 8.46. The first-order chi connectivity index (χ1) is 13.7. The lowest BCUT2D eigenvalue weighted by Crippen LogP contribution is -2.41. The van der Waals surface area contributed by atoms with Crippen LogP contribution in [0, 0.1) is 5.82 Å². The molecule has 0 bridgehead atoms. The summed E-state index contributed by atoms with van der Waals surface area (Å²) in [5, 5.41) is 3.74. The van der Waals surface area contributed by atoms with E-state index in [0.29, 0.717) is 28.9 Å². The van der Waals surface area contributed by atoms with Crippen LogP contribution in [-0.2, 0) is 4.74 Å². The van der Waals surface area contributed by atoms with Crippen molar-refractivity contribution in [1.82, 2.24) is 15.2 Å². The maximum absolute atomic E-state index is 14.3. The third-order valence-corrected chi connectivity index (χ3v) is 4.93. The van der Waals surface area contributed by atoms with Crippen LogP contribution >= 0.6 is 0 Å². The minimum atomic E-state index is -0.357. The lowest BCUT2D eigenvalue weighted by molar-refractivity contribution is 0.0383. The summed E-state index contributed by atoms with van der Waals surface area (Å²) in [6.07, 6.45) is 0. The summed E-state index contributed by atoms with van der Waals surface area (Å²) in [7, 11) is 0. The fraction of sp³-hybridized carbons (Fsp3) is 0.273. The molecular weight excluding hydrogens is 357 g/mol. The summed E-state index contributed by atoms with van der Waals surface area (Å²) in [5.41, 5.74) is 2.01. The number of benzene rings is 2. The van der Waals surface area contributed by atoms with Gasteiger partial charge in [0.1, 0.15) is 5.82 Å². The van der Waals surface area contributed by atoms with Crippen LogP contribution in [0.25, 0.3) is 22.2 Å². The number of morpholine rings is 1. The van der Waals surface area contributed by atoms with Crippen molar-refractivity contribution in [1.29, 1.82) is 0 Å². The van der Waals surface area contributed by atoms with Crippen molar-refractivity contribution in [2.45, 2.75) is 0 Å². The number of ether oxygens (including phenoxy) is 1. The molecule has 1 aliphatic rings. The molecule has 28 heavy (non-hydrogen) atoms. The molecule has 1 aromatic heterocycles. The van der Waals surface area contributed by atoms with Gasteiger partial charge in [0, 0.05) is 37.1 Å². The fourth-order valence-corrected chi connectivity index (χ4v) is 3.42. The Hall–Kier alpha value is -2.83. The first kappa shape index (κ1) is 18.5. The van der Waals surface area contributed by atoms with Crippen molar-refractivity contribution >= 4 is 16.8 Å². The largest absolute Gasteiger partial charge is 0.379 e. The number of amides is 1. The average Bonchev–Trinajstić information content (AvgIpc) is 2.74. The van der Waals surface area contributed by atoms with Crippen molar-refractivity contribution in [2.24, 2.45) is 0 Å². The molecule has 3 aromatic rings. The number of nitrogens with zero attached hydrogens (tertiary/aromatic N) is 2. The molecule has 4 rings (SSSR count). The molecule has 0 aliphatic carbocycles. The molecule has 0 saturated carbocycles. The van der Waals surface area contributed by atoms with E-state index in [1.165, 1.54) is 6.07 Å². The molecule has 2 aromatic carbocycles. The number of fused-ring (bicyclic) bond motifs is 1. The Morgan fingerprint density at radius 2 is 1.86 bits per heavy atom. The highest BCUT2D eigenvalue weighted by atomic mass is 19.1. The quantitative estimate of drug-likeness (QED) is 0.740. The zero-order valence-electron chi connectivity index (χ0n) is 15.5. The molecule has 1 amide bonds. The zero-order chi connectivity index (χ0) is 19.3. The highest BCUT2D eigenvalue weighted by Gasteiger charge is 2.16. The molecule has 144 valence electrons. The molecule has 6 heteroatoms. The van der Waals surface area contributed by atoms with Gasteiger partial charge in [-0.3, -0.25) is 9.69 Å². The van der Waals surface area contributed by atoms with Crippen molar-refractivity contribution in [3.63, 3.8) is 0 Å². The summed E-state index contributed by atoms with van der Waals surface area (Å²) in [4.78, 5) is 19.7. The van der Waals surface area contributed by atoms with E-state index in [9.17, 15) is 9.18 Å². The number of nitrogens with one attached hydrogen (secondary N) is 1. The van der Waals surface area contributed by atoms with Gasteiger partial charge in [0.2, 0.25) is 0 Å².